The van der Waals surface area contributed by atoms with E-state index in [4.69, 9.17) is 13.6 Å². The van der Waals surface area contributed by atoms with Crippen LogP contribution in [-0.2, 0) is 10.2 Å². The summed E-state index contributed by atoms with van der Waals surface area (Å²) >= 11 is 1.19. The molecular weight excluding hydrogens is 390 g/mol. The predicted octanol–water partition coefficient (Wildman–Crippen LogP) is 4.22. The van der Waals surface area contributed by atoms with Gasteiger partial charge in [0, 0.05) is 0 Å². The van der Waals surface area contributed by atoms with Gasteiger partial charge < -0.3 is 18.9 Å². The van der Waals surface area contributed by atoms with Crippen LogP contribution < -0.4 is 10.1 Å². The van der Waals surface area contributed by atoms with Crippen molar-refractivity contribution in [3.05, 3.63) is 47.9 Å². The van der Waals surface area contributed by atoms with Crippen LogP contribution in [0.5, 0.6) is 5.75 Å². The van der Waals surface area contributed by atoms with Gasteiger partial charge in [-0.2, -0.15) is 0 Å². The number of furan rings is 1. The lowest BCUT2D eigenvalue weighted by Gasteiger charge is -2.19. The first-order valence-corrected chi connectivity index (χ1v) is 10.3. The molecule has 0 saturated carbocycles. The number of aromatic nitrogens is 2. The summed E-state index contributed by atoms with van der Waals surface area (Å²) in [7, 11) is 0. The van der Waals surface area contributed by atoms with Crippen LogP contribution in [-0.4, -0.2) is 35.0 Å². The second-order valence-corrected chi connectivity index (χ2v) is 8.45. The van der Waals surface area contributed by atoms with Gasteiger partial charge in [-0.25, -0.2) is 0 Å². The fraction of sp³-hybridized carbons (Fsp3) is 0.381. The highest BCUT2D eigenvalue weighted by Gasteiger charge is 2.15. The zero-order valence-corrected chi connectivity index (χ0v) is 17.8. The summed E-state index contributed by atoms with van der Waals surface area (Å²) < 4.78 is 16.4. The van der Waals surface area contributed by atoms with Gasteiger partial charge in [0.15, 0.2) is 0 Å². The van der Waals surface area contributed by atoms with Crippen molar-refractivity contribution in [1.82, 2.24) is 15.5 Å². The molecule has 0 saturated heterocycles. The maximum Gasteiger partial charge on any atom is 0.277 e. The normalized spacial score (nSPS) is 11.4. The molecule has 8 heteroatoms. The van der Waals surface area contributed by atoms with Gasteiger partial charge >= 0.3 is 0 Å². The van der Waals surface area contributed by atoms with Gasteiger partial charge in [-0.05, 0) is 36.1 Å². The molecule has 154 valence electrons. The summed E-state index contributed by atoms with van der Waals surface area (Å²) in [4.78, 5) is 12.0. The van der Waals surface area contributed by atoms with Crippen molar-refractivity contribution in [2.45, 2.75) is 38.3 Å². The van der Waals surface area contributed by atoms with Gasteiger partial charge in [-0.15, -0.1) is 10.2 Å². The van der Waals surface area contributed by atoms with Gasteiger partial charge in [0.2, 0.25) is 5.91 Å². The minimum Gasteiger partial charge on any atom is -0.492 e. The predicted molar refractivity (Wildman–Crippen MR) is 111 cm³/mol. The Morgan fingerprint density at radius 1 is 1.17 bits per heavy atom. The molecule has 29 heavy (non-hydrogen) atoms. The monoisotopic (exact) mass is 415 g/mol. The maximum absolute atomic E-state index is 12.0. The summed E-state index contributed by atoms with van der Waals surface area (Å²) in [6.45, 7) is 9.15. The van der Waals surface area contributed by atoms with Crippen molar-refractivity contribution in [2.24, 2.45) is 0 Å². The first kappa shape index (κ1) is 21.0. The zero-order chi connectivity index (χ0) is 20.9. The molecule has 0 aliphatic rings. The topological polar surface area (TPSA) is 90.4 Å². The highest BCUT2D eigenvalue weighted by molar-refractivity contribution is 7.99. The maximum atomic E-state index is 12.0. The zero-order valence-electron chi connectivity index (χ0n) is 17.0. The number of ether oxygens (including phenoxy) is 1. The molecule has 0 aliphatic heterocycles. The summed E-state index contributed by atoms with van der Waals surface area (Å²) in [5, 5.41) is 11.1. The van der Waals surface area contributed by atoms with E-state index in [1.54, 1.807) is 12.3 Å². The second kappa shape index (κ2) is 9.17. The van der Waals surface area contributed by atoms with Crippen molar-refractivity contribution in [1.29, 1.82) is 0 Å². The van der Waals surface area contributed by atoms with Crippen molar-refractivity contribution in [3.8, 4) is 17.2 Å². The van der Waals surface area contributed by atoms with Crippen LogP contribution >= 0.6 is 11.8 Å². The number of nitrogens with zero attached hydrogens (tertiary/aromatic N) is 2. The number of carbonyl (C=O) groups excluding carboxylic acids is 1. The third-order valence-electron chi connectivity index (χ3n) is 4.24. The number of hydrogen-bond acceptors (Lipinski definition) is 7. The van der Waals surface area contributed by atoms with E-state index < -0.39 is 0 Å². The molecule has 1 aromatic carbocycles. The fourth-order valence-electron chi connectivity index (χ4n) is 2.57. The fourth-order valence-corrected chi connectivity index (χ4v) is 3.17. The molecule has 3 rings (SSSR count). The van der Waals surface area contributed by atoms with Crippen LogP contribution in [0.25, 0.3) is 11.5 Å². The first-order valence-electron chi connectivity index (χ1n) is 9.34. The van der Waals surface area contributed by atoms with Gasteiger partial charge in [0.05, 0.1) is 24.1 Å². The average Bonchev–Trinajstić information content (AvgIpc) is 3.32. The Labute approximate surface area is 174 Å². The lowest BCUT2D eigenvalue weighted by atomic mass is 9.87. The van der Waals surface area contributed by atoms with Crippen LogP contribution in [0.3, 0.4) is 0 Å². The molecular formula is C21H25N3O4S. The Balaban J connectivity index is 1.36. The Morgan fingerprint density at radius 3 is 2.59 bits per heavy atom. The van der Waals surface area contributed by atoms with Crippen LogP contribution in [0.1, 0.15) is 32.1 Å². The van der Waals surface area contributed by atoms with E-state index >= 15 is 0 Å². The molecule has 2 aromatic heterocycles. The van der Waals surface area contributed by atoms with Crippen LogP contribution in [0.2, 0.25) is 0 Å². The van der Waals surface area contributed by atoms with Gasteiger partial charge in [-0.1, -0.05) is 44.7 Å². The second-order valence-electron chi connectivity index (χ2n) is 7.53. The average molecular weight is 416 g/mol. The smallest absolute Gasteiger partial charge is 0.277 e. The van der Waals surface area contributed by atoms with E-state index in [2.05, 4.69) is 48.4 Å². The molecule has 7 nitrogen and oxygen atoms in total. The molecule has 0 unspecified atom stereocenters. The molecule has 1 amide bonds. The quantitative estimate of drug-likeness (QED) is 0.435. The van der Waals surface area contributed by atoms with Crippen LogP contribution in [0.15, 0.2) is 50.7 Å². The summed E-state index contributed by atoms with van der Waals surface area (Å²) in [5.74, 6) is 1.93. The number of amides is 1. The Kier molecular flexibility index (Phi) is 6.64. The molecule has 3 aromatic rings. The molecule has 0 atom stereocenters. The summed E-state index contributed by atoms with van der Waals surface area (Å²) in [6.07, 6.45) is 1.57. The molecule has 0 radical (unpaired) electrons. The van der Waals surface area contributed by atoms with Gasteiger partial charge in [0.25, 0.3) is 11.1 Å². The molecule has 0 aliphatic carbocycles. The van der Waals surface area contributed by atoms with E-state index in [1.165, 1.54) is 17.3 Å². The van der Waals surface area contributed by atoms with Gasteiger partial charge in [-0.3, -0.25) is 4.79 Å². The Hall–Kier alpha value is -2.74. The largest absolute Gasteiger partial charge is 0.492 e. The van der Waals surface area contributed by atoms with Crippen molar-refractivity contribution in [3.63, 3.8) is 0 Å². The molecule has 1 N–H and O–H groups in total. The number of aryl methyl sites for hydroxylation is 1. The van der Waals surface area contributed by atoms with Crippen LogP contribution in [0.4, 0.5) is 0 Å². The highest BCUT2D eigenvalue weighted by Crippen LogP contribution is 2.26. The van der Waals surface area contributed by atoms with E-state index in [-0.39, 0.29) is 17.1 Å². The minimum absolute atomic E-state index is 0.112. The molecule has 0 fully saturated rings. The Bertz CT molecular complexity index is 941. The minimum atomic E-state index is -0.124. The van der Waals surface area contributed by atoms with E-state index in [1.807, 2.05) is 19.1 Å². The number of thioether (sulfide) groups is 1. The number of rotatable bonds is 8. The number of benzene rings is 1. The van der Waals surface area contributed by atoms with Crippen molar-refractivity contribution in [2.75, 3.05) is 18.9 Å². The molecule has 2 heterocycles. The van der Waals surface area contributed by atoms with Crippen molar-refractivity contribution >= 4 is 17.7 Å². The number of hydrogen-bond donors (Lipinski definition) is 1. The van der Waals surface area contributed by atoms with Crippen molar-refractivity contribution < 1.29 is 18.4 Å². The third kappa shape index (κ3) is 5.87. The van der Waals surface area contributed by atoms with E-state index in [0.717, 1.165) is 11.3 Å². The number of nitrogens with one attached hydrogen (secondary N) is 1. The Morgan fingerprint density at radius 2 is 1.93 bits per heavy atom. The van der Waals surface area contributed by atoms with E-state index in [0.29, 0.717) is 30.0 Å². The molecule has 0 spiro atoms. The van der Waals surface area contributed by atoms with Gasteiger partial charge in [0.1, 0.15) is 18.1 Å². The van der Waals surface area contributed by atoms with E-state index in [9.17, 15) is 4.79 Å². The summed E-state index contributed by atoms with van der Waals surface area (Å²) in [6, 6.07) is 9.80. The molecule has 0 bridgehead atoms. The highest BCUT2D eigenvalue weighted by atomic mass is 32.2. The number of carbonyl (C=O) groups is 1. The third-order valence-corrected chi connectivity index (χ3v) is 5.05. The SMILES string of the molecule is Cc1occc1-c1nnc(SCC(=O)NCCOc2ccc(C(C)(C)C)cc2)o1. The lowest BCUT2D eigenvalue weighted by Crippen LogP contribution is -2.29. The first-order chi connectivity index (χ1) is 13.8. The standard InChI is InChI=1S/C21H25N3O4S/c1-14-17(9-11-26-14)19-23-24-20(28-19)29-13-18(25)22-10-12-27-16-7-5-15(6-8-16)21(2,3)4/h5-9,11H,10,12-13H2,1-4H3,(H,22,25). The summed E-state index contributed by atoms with van der Waals surface area (Å²) in [5.41, 5.74) is 2.12. The van der Waals surface area contributed by atoms with Crippen LogP contribution in [0, 0.1) is 6.92 Å². The lowest BCUT2D eigenvalue weighted by molar-refractivity contribution is -0.118.